The molecule has 0 aliphatic rings. The molecule has 1 atom stereocenters. The van der Waals surface area contributed by atoms with Crippen LogP contribution in [-0.4, -0.2) is 50.1 Å². The van der Waals surface area contributed by atoms with Gasteiger partial charge in [0.05, 0.1) is 6.61 Å². The third-order valence-electron chi connectivity index (χ3n) is 1.91. The van der Waals surface area contributed by atoms with Gasteiger partial charge in [-0.05, 0) is 13.3 Å². The molecule has 0 spiro atoms. The molecule has 0 rings (SSSR count). The van der Waals surface area contributed by atoms with Crippen LogP contribution < -0.4 is 5.32 Å². The summed E-state index contributed by atoms with van der Waals surface area (Å²) in [5.74, 6) is -0.477. The number of ether oxygens (including phenoxy) is 2. The van der Waals surface area contributed by atoms with Crippen LogP contribution in [0.2, 0.25) is 0 Å². The Morgan fingerprint density at radius 1 is 1.47 bits per heavy atom. The number of carbonyl (C=O) groups excluding carboxylic acids is 1. The Labute approximate surface area is 103 Å². The Morgan fingerprint density at radius 3 is 2.76 bits per heavy atom. The number of aliphatic hydroxyl groups is 1. The molecule has 0 aromatic carbocycles. The van der Waals surface area contributed by atoms with E-state index in [1.807, 2.05) is 6.92 Å². The smallest absolute Gasteiger partial charge is 0.333 e. The molecule has 0 amide bonds. The summed E-state index contributed by atoms with van der Waals surface area (Å²) in [6.45, 7) is 9.46. The van der Waals surface area contributed by atoms with Crippen molar-refractivity contribution in [2.24, 2.45) is 0 Å². The average molecular weight is 245 g/mol. The minimum Gasteiger partial charge on any atom is -0.460 e. The van der Waals surface area contributed by atoms with E-state index in [1.165, 1.54) is 0 Å². The van der Waals surface area contributed by atoms with Crippen LogP contribution in [-0.2, 0) is 14.3 Å². The molecule has 0 bridgehead atoms. The van der Waals surface area contributed by atoms with Crippen LogP contribution in [0.5, 0.6) is 0 Å². The maximum Gasteiger partial charge on any atom is 0.333 e. The molecule has 0 aromatic rings. The first-order valence-corrected chi connectivity index (χ1v) is 5.87. The van der Waals surface area contributed by atoms with Crippen LogP contribution >= 0.6 is 0 Å². The molecule has 5 nitrogen and oxygen atoms in total. The predicted molar refractivity (Wildman–Crippen MR) is 65.8 cm³/mol. The van der Waals surface area contributed by atoms with Crippen LogP contribution in [0.15, 0.2) is 12.2 Å². The van der Waals surface area contributed by atoms with Crippen LogP contribution in [0.25, 0.3) is 0 Å². The summed E-state index contributed by atoms with van der Waals surface area (Å²) in [5.41, 5.74) is 0.332. The maximum atomic E-state index is 11.0. The predicted octanol–water partition coefficient (Wildman–Crippen LogP) is 0.483. The number of carbonyl (C=O) groups is 1. The van der Waals surface area contributed by atoms with E-state index < -0.39 is 12.1 Å². The summed E-state index contributed by atoms with van der Waals surface area (Å²) in [6.07, 6.45) is 0.295. The van der Waals surface area contributed by atoms with Crippen molar-refractivity contribution in [3.8, 4) is 0 Å². The molecule has 100 valence electrons. The van der Waals surface area contributed by atoms with Gasteiger partial charge in [0.25, 0.3) is 0 Å². The SMILES string of the molecule is C=C(C)C(=O)OCC(O)CNCCOCCC. The fraction of sp³-hybridized carbons (Fsp3) is 0.750. The Balaban J connectivity index is 3.37. The van der Waals surface area contributed by atoms with Gasteiger partial charge in [-0.3, -0.25) is 0 Å². The maximum absolute atomic E-state index is 11.0. The van der Waals surface area contributed by atoms with Crippen molar-refractivity contribution in [3.05, 3.63) is 12.2 Å². The van der Waals surface area contributed by atoms with Crippen LogP contribution in [0, 0.1) is 0 Å². The van der Waals surface area contributed by atoms with Gasteiger partial charge in [-0.15, -0.1) is 0 Å². The number of rotatable bonds is 10. The van der Waals surface area contributed by atoms with Gasteiger partial charge in [0.1, 0.15) is 12.7 Å². The minimum atomic E-state index is -0.704. The molecule has 5 heteroatoms. The lowest BCUT2D eigenvalue weighted by atomic mass is 10.3. The largest absolute Gasteiger partial charge is 0.460 e. The first-order chi connectivity index (χ1) is 8.07. The van der Waals surface area contributed by atoms with Gasteiger partial charge < -0.3 is 19.9 Å². The summed E-state index contributed by atoms with van der Waals surface area (Å²) in [4.78, 5) is 11.0. The Bertz CT molecular complexity index is 231. The number of nitrogens with one attached hydrogen (secondary N) is 1. The van der Waals surface area contributed by atoms with Crippen molar-refractivity contribution >= 4 is 5.97 Å². The fourth-order valence-corrected chi connectivity index (χ4v) is 1.01. The highest BCUT2D eigenvalue weighted by Crippen LogP contribution is 1.93. The molecule has 1 unspecified atom stereocenters. The summed E-state index contributed by atoms with van der Waals surface area (Å²) in [6, 6.07) is 0. The third-order valence-corrected chi connectivity index (χ3v) is 1.91. The van der Waals surface area contributed by atoms with E-state index in [0.29, 0.717) is 25.3 Å². The molecular weight excluding hydrogens is 222 g/mol. The van der Waals surface area contributed by atoms with Gasteiger partial charge in [-0.1, -0.05) is 13.5 Å². The summed E-state index contributed by atoms with van der Waals surface area (Å²) >= 11 is 0. The molecule has 0 heterocycles. The number of esters is 1. The molecule has 0 saturated carbocycles. The Hall–Kier alpha value is -0.910. The second-order valence-corrected chi connectivity index (χ2v) is 3.85. The van der Waals surface area contributed by atoms with Crippen molar-refractivity contribution in [1.82, 2.24) is 5.32 Å². The highest BCUT2D eigenvalue weighted by molar-refractivity contribution is 5.86. The van der Waals surface area contributed by atoms with E-state index in [0.717, 1.165) is 13.0 Å². The molecule has 0 radical (unpaired) electrons. The molecule has 0 aliphatic heterocycles. The van der Waals surface area contributed by atoms with Crippen molar-refractivity contribution in [2.45, 2.75) is 26.4 Å². The molecule has 0 aliphatic carbocycles. The summed E-state index contributed by atoms with van der Waals surface area (Å²) in [7, 11) is 0. The zero-order valence-corrected chi connectivity index (χ0v) is 10.7. The lowest BCUT2D eigenvalue weighted by Gasteiger charge is -2.12. The zero-order chi connectivity index (χ0) is 13.1. The standard InChI is InChI=1S/C12H23NO4/c1-4-6-16-7-5-13-8-11(14)9-17-12(15)10(2)3/h11,13-14H,2,4-9H2,1,3H3. The van der Waals surface area contributed by atoms with E-state index in [9.17, 15) is 9.90 Å². The van der Waals surface area contributed by atoms with Crippen LogP contribution in [0.4, 0.5) is 0 Å². The molecular formula is C12H23NO4. The highest BCUT2D eigenvalue weighted by atomic mass is 16.5. The fourth-order valence-electron chi connectivity index (χ4n) is 1.01. The first kappa shape index (κ1) is 16.1. The summed E-state index contributed by atoms with van der Waals surface area (Å²) in [5, 5.41) is 12.5. The number of hydrogen-bond acceptors (Lipinski definition) is 5. The second kappa shape index (κ2) is 10.3. The Kier molecular flexibility index (Phi) is 9.71. The van der Waals surface area contributed by atoms with Gasteiger partial charge in [0, 0.05) is 25.3 Å². The monoisotopic (exact) mass is 245 g/mol. The van der Waals surface area contributed by atoms with Crippen molar-refractivity contribution < 1.29 is 19.4 Å². The minimum absolute atomic E-state index is 0.0193. The molecule has 17 heavy (non-hydrogen) atoms. The van der Waals surface area contributed by atoms with Gasteiger partial charge in [-0.25, -0.2) is 4.79 Å². The molecule has 0 aromatic heterocycles. The van der Waals surface area contributed by atoms with Gasteiger partial charge in [-0.2, -0.15) is 0 Å². The molecule has 0 fully saturated rings. The van der Waals surface area contributed by atoms with E-state index in [-0.39, 0.29) is 6.61 Å². The van der Waals surface area contributed by atoms with Gasteiger partial charge >= 0.3 is 5.97 Å². The lowest BCUT2D eigenvalue weighted by Crippen LogP contribution is -2.33. The average Bonchev–Trinajstić information content (AvgIpc) is 2.30. The number of aliphatic hydroxyl groups excluding tert-OH is 1. The zero-order valence-electron chi connectivity index (χ0n) is 10.7. The third kappa shape index (κ3) is 9.99. The van der Waals surface area contributed by atoms with E-state index in [4.69, 9.17) is 9.47 Å². The molecule has 2 N–H and O–H groups in total. The summed E-state index contributed by atoms with van der Waals surface area (Å²) < 4.78 is 10.1. The van der Waals surface area contributed by atoms with E-state index in [1.54, 1.807) is 6.92 Å². The first-order valence-electron chi connectivity index (χ1n) is 5.87. The van der Waals surface area contributed by atoms with Gasteiger partial charge in [0.15, 0.2) is 0 Å². The van der Waals surface area contributed by atoms with Crippen molar-refractivity contribution in [3.63, 3.8) is 0 Å². The second-order valence-electron chi connectivity index (χ2n) is 3.85. The van der Waals surface area contributed by atoms with E-state index in [2.05, 4.69) is 11.9 Å². The van der Waals surface area contributed by atoms with Crippen molar-refractivity contribution in [1.29, 1.82) is 0 Å². The van der Waals surface area contributed by atoms with Crippen molar-refractivity contribution in [2.75, 3.05) is 32.9 Å². The molecule has 0 saturated heterocycles. The Morgan fingerprint density at radius 2 is 2.18 bits per heavy atom. The normalized spacial score (nSPS) is 12.2. The quantitative estimate of drug-likeness (QED) is 0.333. The van der Waals surface area contributed by atoms with Gasteiger partial charge in [0.2, 0.25) is 0 Å². The van der Waals surface area contributed by atoms with E-state index >= 15 is 0 Å². The van der Waals surface area contributed by atoms with Crippen LogP contribution in [0.1, 0.15) is 20.3 Å². The lowest BCUT2D eigenvalue weighted by molar-refractivity contribution is -0.141. The van der Waals surface area contributed by atoms with Crippen LogP contribution in [0.3, 0.4) is 0 Å². The highest BCUT2D eigenvalue weighted by Gasteiger charge is 2.08. The number of hydrogen-bond donors (Lipinski definition) is 2. The topological polar surface area (TPSA) is 67.8 Å².